The van der Waals surface area contributed by atoms with Crippen LogP contribution in [-0.4, -0.2) is 21.3 Å². The number of hydrogen-bond acceptors (Lipinski definition) is 3. The summed E-state index contributed by atoms with van der Waals surface area (Å²) >= 11 is 0. The number of nitrogens with zero attached hydrogens (tertiary/aromatic N) is 2. The Labute approximate surface area is 83.8 Å². The van der Waals surface area contributed by atoms with Gasteiger partial charge in [0.2, 0.25) is 0 Å². The third-order valence-corrected chi connectivity index (χ3v) is 2.48. The Bertz CT molecular complexity index is 323. The van der Waals surface area contributed by atoms with Crippen LogP contribution in [0.4, 0.5) is 0 Å². The van der Waals surface area contributed by atoms with Crippen molar-refractivity contribution in [2.45, 2.75) is 19.6 Å². The molecule has 1 aliphatic rings. The molecule has 2 rings (SSSR count). The monoisotopic (exact) mass is 190 g/mol. The van der Waals surface area contributed by atoms with Crippen molar-refractivity contribution in [3.05, 3.63) is 48.3 Å². The van der Waals surface area contributed by atoms with Crippen LogP contribution in [0.15, 0.2) is 42.7 Å². The summed E-state index contributed by atoms with van der Waals surface area (Å²) in [4.78, 5) is 2.08. The zero-order valence-electron chi connectivity index (χ0n) is 8.17. The quantitative estimate of drug-likeness (QED) is 0.772. The zero-order chi connectivity index (χ0) is 9.97. The van der Waals surface area contributed by atoms with Crippen LogP contribution in [-0.2, 0) is 6.54 Å². The van der Waals surface area contributed by atoms with Crippen LogP contribution in [0.3, 0.4) is 0 Å². The second-order valence-corrected chi connectivity index (χ2v) is 3.47. The maximum atomic E-state index is 9.35. The molecule has 0 amide bonds. The summed E-state index contributed by atoms with van der Waals surface area (Å²) in [7, 11) is 0. The smallest absolute Gasteiger partial charge is 0.123 e. The first-order valence-electron chi connectivity index (χ1n) is 4.72. The summed E-state index contributed by atoms with van der Waals surface area (Å²) in [6, 6.07) is 10.2. The highest BCUT2D eigenvalue weighted by Gasteiger charge is 2.19. The van der Waals surface area contributed by atoms with E-state index in [-0.39, 0.29) is 6.17 Å². The van der Waals surface area contributed by atoms with Crippen LogP contribution in [0.25, 0.3) is 0 Å². The summed E-state index contributed by atoms with van der Waals surface area (Å²) in [6.07, 6.45) is 3.60. The van der Waals surface area contributed by atoms with Crippen molar-refractivity contribution < 1.29 is 5.21 Å². The maximum absolute atomic E-state index is 9.35. The van der Waals surface area contributed by atoms with Gasteiger partial charge < -0.3 is 4.90 Å². The predicted molar refractivity (Wildman–Crippen MR) is 54.2 cm³/mol. The van der Waals surface area contributed by atoms with Crippen molar-refractivity contribution in [2.24, 2.45) is 0 Å². The van der Waals surface area contributed by atoms with E-state index < -0.39 is 0 Å². The van der Waals surface area contributed by atoms with E-state index in [1.165, 1.54) is 10.6 Å². The van der Waals surface area contributed by atoms with Crippen LogP contribution >= 0.6 is 0 Å². The van der Waals surface area contributed by atoms with Gasteiger partial charge in [0.15, 0.2) is 0 Å². The van der Waals surface area contributed by atoms with E-state index in [0.29, 0.717) is 0 Å². The molecule has 1 unspecified atom stereocenters. The van der Waals surface area contributed by atoms with Crippen LogP contribution in [0.2, 0.25) is 0 Å². The largest absolute Gasteiger partial charge is 0.350 e. The van der Waals surface area contributed by atoms with Gasteiger partial charge in [-0.15, -0.1) is 0 Å². The molecule has 1 N–H and O–H groups in total. The third kappa shape index (κ3) is 1.72. The van der Waals surface area contributed by atoms with E-state index in [2.05, 4.69) is 17.0 Å². The van der Waals surface area contributed by atoms with Gasteiger partial charge in [-0.05, 0) is 12.5 Å². The van der Waals surface area contributed by atoms with Gasteiger partial charge in [0.05, 0.1) is 0 Å². The fourth-order valence-corrected chi connectivity index (χ4v) is 1.53. The Morgan fingerprint density at radius 3 is 2.50 bits per heavy atom. The van der Waals surface area contributed by atoms with Gasteiger partial charge in [-0.3, -0.25) is 5.21 Å². The molecule has 74 valence electrons. The first-order chi connectivity index (χ1) is 6.77. The first-order valence-corrected chi connectivity index (χ1v) is 4.72. The summed E-state index contributed by atoms with van der Waals surface area (Å²) in [6.45, 7) is 2.79. The van der Waals surface area contributed by atoms with Crippen molar-refractivity contribution >= 4 is 0 Å². The average molecular weight is 190 g/mol. The Hall–Kier alpha value is -1.48. The molecule has 0 fully saturated rings. The number of hydrogen-bond donors (Lipinski definition) is 1. The Kier molecular flexibility index (Phi) is 2.41. The molecule has 1 aromatic rings. The van der Waals surface area contributed by atoms with Gasteiger partial charge in [0.1, 0.15) is 6.17 Å². The van der Waals surface area contributed by atoms with Crippen molar-refractivity contribution in [3.8, 4) is 0 Å². The van der Waals surface area contributed by atoms with Crippen molar-refractivity contribution in [2.75, 3.05) is 0 Å². The van der Waals surface area contributed by atoms with Gasteiger partial charge in [-0.1, -0.05) is 30.3 Å². The highest BCUT2D eigenvalue weighted by molar-refractivity contribution is 5.15. The maximum Gasteiger partial charge on any atom is 0.123 e. The van der Waals surface area contributed by atoms with Gasteiger partial charge >= 0.3 is 0 Å². The Morgan fingerprint density at radius 2 is 1.93 bits per heavy atom. The molecule has 0 saturated carbocycles. The Morgan fingerprint density at radius 1 is 1.21 bits per heavy atom. The lowest BCUT2D eigenvalue weighted by molar-refractivity contribution is -0.0973. The van der Waals surface area contributed by atoms with Crippen LogP contribution in [0.5, 0.6) is 0 Å². The highest BCUT2D eigenvalue weighted by atomic mass is 16.5. The van der Waals surface area contributed by atoms with Gasteiger partial charge in [0, 0.05) is 18.9 Å². The zero-order valence-corrected chi connectivity index (χ0v) is 8.17. The summed E-state index contributed by atoms with van der Waals surface area (Å²) in [5.41, 5.74) is 1.25. The number of hydroxylamine groups is 2. The molecule has 14 heavy (non-hydrogen) atoms. The van der Waals surface area contributed by atoms with Crippen LogP contribution in [0, 0.1) is 0 Å². The molecule has 3 nitrogen and oxygen atoms in total. The SMILES string of the molecule is CC1N(O)C=CN1Cc1ccccc1. The second kappa shape index (κ2) is 3.72. The third-order valence-electron chi connectivity index (χ3n) is 2.48. The first kappa shape index (κ1) is 9.09. The highest BCUT2D eigenvalue weighted by Crippen LogP contribution is 2.16. The molecule has 0 aliphatic carbocycles. The van der Waals surface area contributed by atoms with Crippen molar-refractivity contribution in [1.82, 2.24) is 9.96 Å². The minimum Gasteiger partial charge on any atom is -0.350 e. The minimum atomic E-state index is 0.0233. The lowest BCUT2D eigenvalue weighted by Gasteiger charge is -2.25. The molecule has 0 saturated heterocycles. The molecule has 1 aromatic carbocycles. The van der Waals surface area contributed by atoms with Gasteiger partial charge in [-0.25, -0.2) is 5.06 Å². The summed E-state index contributed by atoms with van der Waals surface area (Å²) in [5.74, 6) is 0. The molecule has 0 spiro atoms. The topological polar surface area (TPSA) is 26.7 Å². The lowest BCUT2D eigenvalue weighted by Crippen LogP contribution is -2.33. The van der Waals surface area contributed by atoms with E-state index in [9.17, 15) is 5.21 Å². The molecule has 0 radical (unpaired) electrons. The van der Waals surface area contributed by atoms with Gasteiger partial charge in [0.25, 0.3) is 0 Å². The van der Waals surface area contributed by atoms with E-state index in [0.717, 1.165) is 6.54 Å². The fraction of sp³-hybridized carbons (Fsp3) is 0.273. The molecular weight excluding hydrogens is 176 g/mol. The minimum absolute atomic E-state index is 0.0233. The van der Waals surface area contributed by atoms with E-state index in [4.69, 9.17) is 0 Å². The van der Waals surface area contributed by atoms with Crippen molar-refractivity contribution in [1.29, 1.82) is 0 Å². The molecule has 0 aromatic heterocycles. The standard InChI is InChI=1S/C11H14N2O/c1-10-12(7-8-13(10)14)9-11-5-3-2-4-6-11/h2-8,10,14H,9H2,1H3. The van der Waals surface area contributed by atoms with E-state index >= 15 is 0 Å². The predicted octanol–water partition coefficient (Wildman–Crippen LogP) is 2.01. The average Bonchev–Trinajstić information content (AvgIpc) is 2.52. The molecule has 1 aliphatic heterocycles. The molecular formula is C11H14N2O. The van der Waals surface area contributed by atoms with Crippen molar-refractivity contribution in [3.63, 3.8) is 0 Å². The van der Waals surface area contributed by atoms with E-state index in [1.54, 1.807) is 6.20 Å². The van der Waals surface area contributed by atoms with E-state index in [1.807, 2.05) is 31.3 Å². The fourth-order valence-electron chi connectivity index (χ4n) is 1.53. The van der Waals surface area contributed by atoms with Crippen LogP contribution < -0.4 is 0 Å². The number of benzene rings is 1. The molecule has 1 atom stereocenters. The lowest BCUT2D eigenvalue weighted by atomic mass is 10.2. The number of rotatable bonds is 2. The molecule has 0 bridgehead atoms. The van der Waals surface area contributed by atoms with Gasteiger partial charge in [-0.2, -0.15) is 0 Å². The summed E-state index contributed by atoms with van der Waals surface area (Å²) < 4.78 is 0. The summed E-state index contributed by atoms with van der Waals surface area (Å²) in [5, 5.41) is 10.6. The molecule has 3 heteroatoms. The van der Waals surface area contributed by atoms with Crippen LogP contribution in [0.1, 0.15) is 12.5 Å². The second-order valence-electron chi connectivity index (χ2n) is 3.47. The Balaban J connectivity index is 2.03. The normalized spacial score (nSPS) is 20.6. The molecule has 1 heterocycles.